The summed E-state index contributed by atoms with van der Waals surface area (Å²) in [4.78, 5) is 25.7. The third kappa shape index (κ3) is 3.08. The van der Waals surface area contributed by atoms with E-state index in [4.69, 9.17) is 0 Å². The molecule has 2 N–H and O–H groups in total. The monoisotopic (exact) mass is 288 g/mol. The van der Waals surface area contributed by atoms with Gasteiger partial charge in [0, 0.05) is 30.8 Å². The van der Waals surface area contributed by atoms with Gasteiger partial charge in [0.2, 0.25) is 0 Å². The topological polar surface area (TPSA) is 69.6 Å². The van der Waals surface area contributed by atoms with E-state index in [1.807, 2.05) is 12.1 Å². The lowest BCUT2D eigenvalue weighted by atomic mass is 9.90. The number of likely N-dealkylation sites (tertiary alicyclic amines) is 1. The molecule has 0 spiro atoms. The normalized spacial score (nSPS) is 21.9. The van der Waals surface area contributed by atoms with Crippen molar-refractivity contribution in [1.29, 1.82) is 0 Å². The maximum absolute atomic E-state index is 12.2. The standard InChI is InChI=1S/C16H20N2O3/c19-13-4-2-8-18(10-13)16(21)17-12-7-6-11-3-1-5-15(20)14(11)9-12/h6-7,9,13,19H,1-5,8,10H2,(H,17,21). The highest BCUT2D eigenvalue weighted by molar-refractivity contribution is 6.00. The predicted octanol–water partition coefficient (Wildman–Crippen LogP) is 2.19. The second-order valence-electron chi connectivity index (χ2n) is 5.82. The number of β-amino-alcohol motifs (C(OH)–C–C–N with tert-alkyl or cyclic N) is 1. The average Bonchev–Trinajstić information content (AvgIpc) is 2.48. The summed E-state index contributed by atoms with van der Waals surface area (Å²) >= 11 is 0. The van der Waals surface area contributed by atoms with E-state index in [0.29, 0.717) is 25.2 Å². The molecule has 5 nitrogen and oxygen atoms in total. The van der Waals surface area contributed by atoms with Crippen LogP contribution in [0.1, 0.15) is 41.6 Å². The Kier molecular flexibility index (Phi) is 3.92. The predicted molar refractivity (Wildman–Crippen MR) is 79.5 cm³/mol. The zero-order valence-electron chi connectivity index (χ0n) is 12.0. The van der Waals surface area contributed by atoms with Gasteiger partial charge in [-0.25, -0.2) is 4.79 Å². The van der Waals surface area contributed by atoms with Gasteiger partial charge in [-0.05, 0) is 43.4 Å². The molecule has 0 bridgehead atoms. The Bertz CT molecular complexity index is 571. The molecular formula is C16H20N2O3. The minimum absolute atomic E-state index is 0.153. The number of nitrogens with zero attached hydrogens (tertiary/aromatic N) is 1. The number of rotatable bonds is 1. The van der Waals surface area contributed by atoms with Crippen LogP contribution >= 0.6 is 0 Å². The molecule has 0 saturated carbocycles. The summed E-state index contributed by atoms with van der Waals surface area (Å²) in [5.41, 5.74) is 2.45. The molecule has 1 aromatic carbocycles. The molecule has 112 valence electrons. The summed E-state index contributed by atoms with van der Waals surface area (Å²) in [6.07, 6.45) is 3.54. The maximum Gasteiger partial charge on any atom is 0.321 e. The largest absolute Gasteiger partial charge is 0.391 e. The third-order valence-corrected chi connectivity index (χ3v) is 4.20. The lowest BCUT2D eigenvalue weighted by molar-refractivity contribution is 0.0883. The second-order valence-corrected chi connectivity index (χ2v) is 5.82. The van der Waals surface area contributed by atoms with E-state index in [2.05, 4.69) is 5.32 Å². The molecular weight excluding hydrogens is 268 g/mol. The minimum atomic E-state index is -0.436. The van der Waals surface area contributed by atoms with Crippen LogP contribution in [0.5, 0.6) is 0 Å². The molecule has 1 atom stereocenters. The fourth-order valence-corrected chi connectivity index (χ4v) is 3.05. The van der Waals surface area contributed by atoms with E-state index in [-0.39, 0.29) is 11.8 Å². The van der Waals surface area contributed by atoms with Crippen LogP contribution in [0.15, 0.2) is 18.2 Å². The van der Waals surface area contributed by atoms with Crippen molar-refractivity contribution in [3.8, 4) is 0 Å². The zero-order chi connectivity index (χ0) is 14.8. The number of hydrogen-bond acceptors (Lipinski definition) is 3. The van der Waals surface area contributed by atoms with Gasteiger partial charge in [-0.2, -0.15) is 0 Å². The Morgan fingerprint density at radius 3 is 2.95 bits per heavy atom. The number of amides is 2. The van der Waals surface area contributed by atoms with Crippen LogP contribution in [-0.4, -0.2) is 41.0 Å². The van der Waals surface area contributed by atoms with Gasteiger partial charge in [0.25, 0.3) is 0 Å². The number of Topliss-reactive ketones (excluding diaryl/α,β-unsaturated/α-hetero) is 1. The Hall–Kier alpha value is -1.88. The number of nitrogens with one attached hydrogen (secondary N) is 1. The van der Waals surface area contributed by atoms with Gasteiger partial charge < -0.3 is 15.3 Å². The highest BCUT2D eigenvalue weighted by atomic mass is 16.3. The highest BCUT2D eigenvalue weighted by Crippen LogP contribution is 2.24. The first kappa shape index (κ1) is 14.1. The maximum atomic E-state index is 12.2. The molecule has 1 aliphatic carbocycles. The van der Waals surface area contributed by atoms with E-state index in [1.54, 1.807) is 11.0 Å². The molecule has 3 rings (SSSR count). The molecule has 1 aromatic rings. The highest BCUT2D eigenvalue weighted by Gasteiger charge is 2.23. The van der Waals surface area contributed by atoms with Gasteiger partial charge >= 0.3 is 6.03 Å². The van der Waals surface area contributed by atoms with Crippen LogP contribution in [0.2, 0.25) is 0 Å². The summed E-state index contributed by atoms with van der Waals surface area (Å²) < 4.78 is 0. The van der Waals surface area contributed by atoms with Crippen LogP contribution in [0, 0.1) is 0 Å². The van der Waals surface area contributed by atoms with Crippen molar-refractivity contribution >= 4 is 17.5 Å². The van der Waals surface area contributed by atoms with E-state index in [9.17, 15) is 14.7 Å². The Morgan fingerprint density at radius 1 is 1.29 bits per heavy atom. The van der Waals surface area contributed by atoms with Crippen LogP contribution in [-0.2, 0) is 6.42 Å². The smallest absolute Gasteiger partial charge is 0.321 e. The third-order valence-electron chi connectivity index (χ3n) is 4.20. The number of carbonyl (C=O) groups is 2. The minimum Gasteiger partial charge on any atom is -0.391 e. The molecule has 0 aromatic heterocycles. The first-order chi connectivity index (χ1) is 10.1. The van der Waals surface area contributed by atoms with Crippen molar-refractivity contribution < 1.29 is 14.7 Å². The number of ketones is 1. The van der Waals surface area contributed by atoms with E-state index >= 15 is 0 Å². The molecule has 2 amide bonds. The average molecular weight is 288 g/mol. The number of fused-ring (bicyclic) bond motifs is 1. The van der Waals surface area contributed by atoms with E-state index in [1.165, 1.54) is 0 Å². The lowest BCUT2D eigenvalue weighted by Gasteiger charge is -2.30. The lowest BCUT2D eigenvalue weighted by Crippen LogP contribution is -2.44. The number of benzene rings is 1. The first-order valence-corrected chi connectivity index (χ1v) is 7.53. The van der Waals surface area contributed by atoms with Gasteiger partial charge in [0.1, 0.15) is 0 Å². The van der Waals surface area contributed by atoms with Crippen molar-refractivity contribution in [2.75, 3.05) is 18.4 Å². The Labute approximate surface area is 123 Å². The van der Waals surface area contributed by atoms with Crippen molar-refractivity contribution in [2.24, 2.45) is 0 Å². The van der Waals surface area contributed by atoms with Crippen molar-refractivity contribution in [3.63, 3.8) is 0 Å². The summed E-state index contributed by atoms with van der Waals surface area (Å²) in [6, 6.07) is 5.33. The fourth-order valence-electron chi connectivity index (χ4n) is 3.05. The summed E-state index contributed by atoms with van der Waals surface area (Å²) in [5, 5.41) is 12.4. The number of urea groups is 1. The number of hydrogen-bond donors (Lipinski definition) is 2. The van der Waals surface area contributed by atoms with E-state index in [0.717, 1.165) is 36.8 Å². The Balaban J connectivity index is 1.71. The van der Waals surface area contributed by atoms with Gasteiger partial charge in [-0.3, -0.25) is 4.79 Å². The Morgan fingerprint density at radius 2 is 2.14 bits per heavy atom. The van der Waals surface area contributed by atoms with Gasteiger partial charge in [0.05, 0.1) is 6.10 Å². The van der Waals surface area contributed by atoms with Gasteiger partial charge in [-0.1, -0.05) is 6.07 Å². The number of carbonyl (C=O) groups excluding carboxylic acids is 2. The number of anilines is 1. The fraction of sp³-hybridized carbons (Fsp3) is 0.500. The number of aryl methyl sites for hydroxylation is 1. The van der Waals surface area contributed by atoms with E-state index < -0.39 is 6.10 Å². The summed E-state index contributed by atoms with van der Waals surface area (Å²) in [6.45, 7) is 1.03. The van der Waals surface area contributed by atoms with Crippen LogP contribution in [0.3, 0.4) is 0 Å². The van der Waals surface area contributed by atoms with Crippen molar-refractivity contribution in [1.82, 2.24) is 4.90 Å². The first-order valence-electron chi connectivity index (χ1n) is 7.53. The molecule has 1 unspecified atom stereocenters. The summed E-state index contributed by atoms with van der Waals surface area (Å²) in [5.74, 6) is 0.153. The number of aliphatic hydroxyl groups is 1. The second kappa shape index (κ2) is 5.85. The van der Waals surface area contributed by atoms with Crippen LogP contribution in [0.4, 0.5) is 10.5 Å². The zero-order valence-corrected chi connectivity index (χ0v) is 12.0. The number of piperidine rings is 1. The van der Waals surface area contributed by atoms with Crippen molar-refractivity contribution in [3.05, 3.63) is 29.3 Å². The molecule has 1 fully saturated rings. The summed E-state index contributed by atoms with van der Waals surface area (Å²) in [7, 11) is 0. The van der Waals surface area contributed by atoms with Gasteiger partial charge in [-0.15, -0.1) is 0 Å². The van der Waals surface area contributed by atoms with Crippen LogP contribution < -0.4 is 5.32 Å². The molecule has 2 aliphatic rings. The molecule has 1 saturated heterocycles. The molecule has 1 heterocycles. The molecule has 21 heavy (non-hydrogen) atoms. The van der Waals surface area contributed by atoms with Crippen molar-refractivity contribution in [2.45, 2.75) is 38.2 Å². The molecule has 0 radical (unpaired) electrons. The van der Waals surface area contributed by atoms with Crippen LogP contribution in [0.25, 0.3) is 0 Å². The quantitative estimate of drug-likeness (QED) is 0.832. The molecule has 1 aliphatic heterocycles. The SMILES string of the molecule is O=C1CCCc2ccc(NC(=O)N3CCCC(O)C3)cc21. The molecule has 5 heteroatoms. The number of aliphatic hydroxyl groups excluding tert-OH is 1. The van der Waals surface area contributed by atoms with Gasteiger partial charge in [0.15, 0.2) is 5.78 Å².